The first-order valence-corrected chi connectivity index (χ1v) is 9.78. The predicted molar refractivity (Wildman–Crippen MR) is 112 cm³/mol. The second-order valence-corrected chi connectivity index (χ2v) is 7.22. The third kappa shape index (κ3) is 7.72. The highest BCUT2D eigenvalue weighted by molar-refractivity contribution is 5.92. The number of nitrogens with one attached hydrogen (secondary N) is 3. The van der Waals surface area contributed by atoms with Gasteiger partial charge in [-0.25, -0.2) is 9.78 Å². The Hall–Kier alpha value is -3.93. The Bertz CT molecular complexity index is 931. The number of imidazole rings is 1. The van der Waals surface area contributed by atoms with Gasteiger partial charge in [0.15, 0.2) is 0 Å². The molecule has 2 aromatic rings. The van der Waals surface area contributed by atoms with Gasteiger partial charge in [0.2, 0.25) is 17.7 Å². The number of hydrogen-bond acceptors (Lipinski definition) is 7. The zero-order valence-electron chi connectivity index (χ0n) is 17.2. The van der Waals surface area contributed by atoms with Crippen LogP contribution in [0, 0.1) is 0 Å². The fourth-order valence-corrected chi connectivity index (χ4v) is 2.90. The van der Waals surface area contributed by atoms with Crippen LogP contribution in [0.15, 0.2) is 36.8 Å². The van der Waals surface area contributed by atoms with E-state index >= 15 is 0 Å². The third-order valence-corrected chi connectivity index (χ3v) is 4.63. The van der Waals surface area contributed by atoms with Crippen LogP contribution in [-0.2, 0) is 32.0 Å². The fraction of sp³-hybridized carbons (Fsp3) is 0.350. The van der Waals surface area contributed by atoms with E-state index in [0.29, 0.717) is 11.3 Å². The first-order valence-electron chi connectivity index (χ1n) is 9.78. The lowest BCUT2D eigenvalue weighted by Crippen LogP contribution is -2.55. The van der Waals surface area contributed by atoms with Gasteiger partial charge >= 0.3 is 5.97 Å². The minimum atomic E-state index is -1.31. The summed E-state index contributed by atoms with van der Waals surface area (Å²) in [4.78, 5) is 54.7. The Morgan fingerprint density at radius 3 is 2.25 bits per heavy atom. The fourth-order valence-electron chi connectivity index (χ4n) is 2.90. The van der Waals surface area contributed by atoms with Crippen LogP contribution >= 0.6 is 0 Å². The summed E-state index contributed by atoms with van der Waals surface area (Å²) in [6, 6.07) is 2.31. The van der Waals surface area contributed by atoms with Gasteiger partial charge in [-0.1, -0.05) is 12.1 Å². The van der Waals surface area contributed by atoms with E-state index in [2.05, 4.69) is 20.6 Å². The van der Waals surface area contributed by atoms with Crippen LogP contribution in [0.1, 0.15) is 24.1 Å². The van der Waals surface area contributed by atoms with E-state index in [-0.39, 0.29) is 31.4 Å². The molecule has 12 nitrogen and oxygen atoms in total. The molecule has 1 heterocycles. The number of aliphatic carboxylic acids is 1. The number of aromatic amines is 1. The molecule has 0 aliphatic carbocycles. The average Bonchev–Trinajstić information content (AvgIpc) is 3.24. The summed E-state index contributed by atoms with van der Waals surface area (Å²) >= 11 is 0. The van der Waals surface area contributed by atoms with E-state index in [1.165, 1.54) is 36.8 Å². The lowest BCUT2D eigenvalue weighted by molar-refractivity contribution is -0.142. The standard InChI is InChI=1S/C20H26N6O6/c21-14(8-12-9-23-10-24-12)18(29)25-15(5-6-17(22)28)19(30)26-16(20(31)32)7-11-1-3-13(27)4-2-11/h1-4,9-10,14-16,27H,5-8,21H2,(H2,22,28)(H,23,24)(H,25,29)(H,26,30)(H,31,32)/t14-,15-,16-/m0/s1. The third-order valence-electron chi connectivity index (χ3n) is 4.63. The van der Waals surface area contributed by atoms with E-state index < -0.39 is 41.8 Å². The first kappa shape index (κ1) is 24.3. The van der Waals surface area contributed by atoms with Gasteiger partial charge in [0.05, 0.1) is 12.4 Å². The second-order valence-electron chi connectivity index (χ2n) is 7.22. The van der Waals surface area contributed by atoms with Crippen LogP contribution in [0.25, 0.3) is 0 Å². The molecular formula is C20H26N6O6. The van der Waals surface area contributed by atoms with Crippen molar-refractivity contribution in [3.63, 3.8) is 0 Å². The van der Waals surface area contributed by atoms with Gasteiger partial charge < -0.3 is 37.3 Å². The average molecular weight is 446 g/mol. The zero-order chi connectivity index (χ0) is 23.7. The van der Waals surface area contributed by atoms with E-state index in [1.807, 2.05) is 0 Å². The maximum atomic E-state index is 12.8. The van der Waals surface area contributed by atoms with Crippen molar-refractivity contribution in [1.82, 2.24) is 20.6 Å². The van der Waals surface area contributed by atoms with E-state index in [1.54, 1.807) is 0 Å². The summed E-state index contributed by atoms with van der Waals surface area (Å²) in [5, 5.41) is 23.7. The van der Waals surface area contributed by atoms with Crippen molar-refractivity contribution < 1.29 is 29.4 Å². The molecule has 2 rings (SSSR count). The molecule has 0 saturated heterocycles. The lowest BCUT2D eigenvalue weighted by atomic mass is 10.0. The summed E-state index contributed by atoms with van der Waals surface area (Å²) in [6.07, 6.45) is 2.68. The molecule has 0 bridgehead atoms. The predicted octanol–water partition coefficient (Wildman–Crippen LogP) is -1.45. The van der Waals surface area contributed by atoms with Crippen molar-refractivity contribution in [2.45, 2.75) is 43.8 Å². The normalized spacial score (nSPS) is 13.5. The highest BCUT2D eigenvalue weighted by atomic mass is 16.4. The minimum absolute atomic E-state index is 0.0188. The number of rotatable bonds is 12. The lowest BCUT2D eigenvalue weighted by Gasteiger charge is -2.22. The number of amides is 3. The molecule has 0 spiro atoms. The summed E-state index contributed by atoms with van der Waals surface area (Å²) < 4.78 is 0. The molecule has 1 aromatic carbocycles. The Morgan fingerprint density at radius 2 is 1.69 bits per heavy atom. The Balaban J connectivity index is 2.06. The molecule has 0 radical (unpaired) electrons. The molecule has 0 unspecified atom stereocenters. The van der Waals surface area contributed by atoms with Gasteiger partial charge in [-0.05, 0) is 24.1 Å². The molecule has 0 aliphatic heterocycles. The quantitative estimate of drug-likeness (QED) is 0.204. The van der Waals surface area contributed by atoms with Crippen molar-refractivity contribution in [2.24, 2.45) is 11.5 Å². The first-order chi connectivity index (χ1) is 15.2. The van der Waals surface area contributed by atoms with Gasteiger partial charge in [0.25, 0.3) is 0 Å². The van der Waals surface area contributed by atoms with Gasteiger partial charge in [0.1, 0.15) is 17.8 Å². The van der Waals surface area contributed by atoms with Crippen molar-refractivity contribution in [2.75, 3.05) is 0 Å². The number of primary amides is 1. The van der Waals surface area contributed by atoms with Gasteiger partial charge in [0, 0.05) is 31.2 Å². The molecule has 3 amide bonds. The molecule has 1 aromatic heterocycles. The van der Waals surface area contributed by atoms with Crippen molar-refractivity contribution in [3.05, 3.63) is 48.0 Å². The molecule has 0 aliphatic rings. The number of H-pyrrole nitrogens is 1. The zero-order valence-corrected chi connectivity index (χ0v) is 17.2. The number of phenols is 1. The number of carboxylic acids is 1. The topological polar surface area (TPSA) is 214 Å². The molecule has 9 N–H and O–H groups in total. The van der Waals surface area contributed by atoms with Crippen LogP contribution in [0.2, 0.25) is 0 Å². The van der Waals surface area contributed by atoms with Crippen LogP contribution in [0.5, 0.6) is 5.75 Å². The molecular weight excluding hydrogens is 420 g/mol. The van der Waals surface area contributed by atoms with Crippen molar-refractivity contribution in [1.29, 1.82) is 0 Å². The molecule has 0 saturated carbocycles. The monoisotopic (exact) mass is 446 g/mol. The van der Waals surface area contributed by atoms with Crippen LogP contribution in [0.3, 0.4) is 0 Å². The van der Waals surface area contributed by atoms with Gasteiger partial charge in [-0.2, -0.15) is 0 Å². The molecule has 12 heteroatoms. The van der Waals surface area contributed by atoms with Crippen LogP contribution in [-0.4, -0.2) is 62.0 Å². The van der Waals surface area contributed by atoms with Crippen LogP contribution in [0.4, 0.5) is 0 Å². The van der Waals surface area contributed by atoms with E-state index in [4.69, 9.17) is 11.5 Å². The van der Waals surface area contributed by atoms with Crippen LogP contribution < -0.4 is 22.1 Å². The molecule has 32 heavy (non-hydrogen) atoms. The number of carboxylic acid groups (broad SMARTS) is 1. The minimum Gasteiger partial charge on any atom is -0.508 e. The van der Waals surface area contributed by atoms with E-state index in [0.717, 1.165) is 0 Å². The Kier molecular flexibility index (Phi) is 8.72. The van der Waals surface area contributed by atoms with E-state index in [9.17, 15) is 29.4 Å². The van der Waals surface area contributed by atoms with Gasteiger partial charge in [-0.3, -0.25) is 14.4 Å². The number of carbonyl (C=O) groups is 4. The summed E-state index contributed by atoms with van der Waals surface area (Å²) in [6.45, 7) is 0. The number of carbonyl (C=O) groups excluding carboxylic acids is 3. The van der Waals surface area contributed by atoms with Gasteiger partial charge in [-0.15, -0.1) is 0 Å². The maximum absolute atomic E-state index is 12.8. The number of aromatic nitrogens is 2. The molecule has 3 atom stereocenters. The largest absolute Gasteiger partial charge is 0.508 e. The number of benzene rings is 1. The highest BCUT2D eigenvalue weighted by Crippen LogP contribution is 2.12. The number of hydrogen-bond donors (Lipinski definition) is 7. The maximum Gasteiger partial charge on any atom is 0.326 e. The summed E-state index contributed by atoms with van der Waals surface area (Å²) in [7, 11) is 0. The number of aromatic hydroxyl groups is 1. The Labute approximate surface area is 183 Å². The Morgan fingerprint density at radius 1 is 1.03 bits per heavy atom. The highest BCUT2D eigenvalue weighted by Gasteiger charge is 2.28. The second kappa shape index (κ2) is 11.5. The van der Waals surface area contributed by atoms with Crippen molar-refractivity contribution >= 4 is 23.7 Å². The SMILES string of the molecule is NC(=O)CC[C@H](NC(=O)[C@@H](N)Cc1cnc[nH]1)C(=O)N[C@@H](Cc1ccc(O)cc1)C(=O)O. The smallest absolute Gasteiger partial charge is 0.326 e. The molecule has 172 valence electrons. The number of nitrogens with two attached hydrogens (primary N) is 2. The summed E-state index contributed by atoms with van der Waals surface area (Å²) in [5.74, 6) is -3.40. The van der Waals surface area contributed by atoms with Crippen molar-refractivity contribution in [3.8, 4) is 5.75 Å². The summed E-state index contributed by atoms with van der Waals surface area (Å²) in [5.41, 5.74) is 12.2. The number of nitrogens with zero attached hydrogens (tertiary/aromatic N) is 1. The molecule has 0 fully saturated rings. The number of phenolic OH excluding ortho intramolecular Hbond substituents is 1.